The standard InChI is InChI=1S/C20H23N5O2/c1-12(2)18-10-17(24-20-21-11-22-25(18)20)19(26)23-16-6-4-5-13-9-14(27-3)7-8-15(13)16/h7-12,16H,4-6H2,1-3H3,(H,23,26)/t16-/m1/s1. The number of benzene rings is 1. The molecule has 0 saturated carbocycles. The Balaban J connectivity index is 1.63. The summed E-state index contributed by atoms with van der Waals surface area (Å²) in [6, 6.07) is 7.84. The maximum atomic E-state index is 12.9. The fourth-order valence-corrected chi connectivity index (χ4v) is 3.66. The van der Waals surface area contributed by atoms with Crippen molar-refractivity contribution >= 4 is 11.7 Å². The van der Waals surface area contributed by atoms with Crippen molar-refractivity contribution in [3.63, 3.8) is 0 Å². The van der Waals surface area contributed by atoms with E-state index in [2.05, 4.69) is 40.3 Å². The second kappa shape index (κ2) is 6.98. The molecule has 3 aromatic rings. The van der Waals surface area contributed by atoms with Crippen molar-refractivity contribution in [2.75, 3.05) is 7.11 Å². The first-order chi connectivity index (χ1) is 13.1. The molecule has 1 aromatic carbocycles. The molecule has 0 aliphatic heterocycles. The second-order valence-corrected chi connectivity index (χ2v) is 7.18. The van der Waals surface area contributed by atoms with Crippen LogP contribution >= 0.6 is 0 Å². The van der Waals surface area contributed by atoms with Crippen molar-refractivity contribution in [3.05, 3.63) is 53.1 Å². The maximum Gasteiger partial charge on any atom is 0.270 e. The van der Waals surface area contributed by atoms with Gasteiger partial charge in [-0.2, -0.15) is 10.1 Å². The van der Waals surface area contributed by atoms with E-state index in [1.165, 1.54) is 11.9 Å². The van der Waals surface area contributed by atoms with Gasteiger partial charge in [-0.25, -0.2) is 9.50 Å². The summed E-state index contributed by atoms with van der Waals surface area (Å²) in [6.07, 6.45) is 4.40. The molecule has 0 unspecified atom stereocenters. The van der Waals surface area contributed by atoms with E-state index in [4.69, 9.17) is 4.74 Å². The molecule has 7 nitrogen and oxygen atoms in total. The van der Waals surface area contributed by atoms with E-state index in [-0.39, 0.29) is 17.9 Å². The number of carbonyl (C=O) groups is 1. The van der Waals surface area contributed by atoms with Gasteiger partial charge in [0, 0.05) is 0 Å². The molecule has 140 valence electrons. The van der Waals surface area contributed by atoms with Crippen LogP contribution in [0.4, 0.5) is 0 Å². The third kappa shape index (κ3) is 3.25. The van der Waals surface area contributed by atoms with Gasteiger partial charge in [0.25, 0.3) is 11.7 Å². The summed E-state index contributed by atoms with van der Waals surface area (Å²) in [6.45, 7) is 4.12. The van der Waals surface area contributed by atoms with Crippen LogP contribution < -0.4 is 10.1 Å². The SMILES string of the molecule is COc1ccc2c(c1)CCC[C@H]2NC(=O)c1cc(C(C)C)n2ncnc2n1. The van der Waals surface area contributed by atoms with Crippen LogP contribution in [0.2, 0.25) is 0 Å². The Morgan fingerprint density at radius 1 is 1.33 bits per heavy atom. The molecule has 0 bridgehead atoms. The number of ether oxygens (including phenoxy) is 1. The Bertz CT molecular complexity index is 995. The molecule has 2 heterocycles. The summed E-state index contributed by atoms with van der Waals surface area (Å²) >= 11 is 0. The summed E-state index contributed by atoms with van der Waals surface area (Å²) in [5.74, 6) is 1.31. The van der Waals surface area contributed by atoms with Gasteiger partial charge < -0.3 is 10.1 Å². The fraction of sp³-hybridized carbons (Fsp3) is 0.400. The number of amides is 1. The Labute approximate surface area is 157 Å². The van der Waals surface area contributed by atoms with E-state index in [0.717, 1.165) is 36.3 Å². The topological polar surface area (TPSA) is 81.4 Å². The fourth-order valence-electron chi connectivity index (χ4n) is 3.66. The zero-order chi connectivity index (χ0) is 19.0. The molecule has 1 aliphatic carbocycles. The minimum Gasteiger partial charge on any atom is -0.497 e. The van der Waals surface area contributed by atoms with Crippen LogP contribution in [0.15, 0.2) is 30.6 Å². The van der Waals surface area contributed by atoms with Crippen molar-refractivity contribution in [2.45, 2.75) is 45.1 Å². The number of hydrogen-bond acceptors (Lipinski definition) is 5. The lowest BCUT2D eigenvalue weighted by Crippen LogP contribution is -2.32. The van der Waals surface area contributed by atoms with Gasteiger partial charge >= 0.3 is 0 Å². The number of rotatable bonds is 4. The predicted molar refractivity (Wildman–Crippen MR) is 101 cm³/mol. The zero-order valence-corrected chi connectivity index (χ0v) is 15.8. The Morgan fingerprint density at radius 3 is 2.96 bits per heavy atom. The maximum absolute atomic E-state index is 12.9. The molecular weight excluding hydrogens is 342 g/mol. The summed E-state index contributed by atoms with van der Waals surface area (Å²) < 4.78 is 7.01. The first kappa shape index (κ1) is 17.5. The third-order valence-corrected chi connectivity index (χ3v) is 5.07. The van der Waals surface area contributed by atoms with Crippen molar-refractivity contribution in [2.24, 2.45) is 0 Å². The summed E-state index contributed by atoms with van der Waals surface area (Å²) in [5.41, 5.74) is 3.67. The highest BCUT2D eigenvalue weighted by atomic mass is 16.5. The molecule has 0 radical (unpaired) electrons. The van der Waals surface area contributed by atoms with Gasteiger partial charge in [-0.05, 0) is 54.5 Å². The molecule has 1 aliphatic rings. The first-order valence-corrected chi connectivity index (χ1v) is 9.25. The van der Waals surface area contributed by atoms with Crippen molar-refractivity contribution < 1.29 is 9.53 Å². The molecule has 4 rings (SSSR count). The van der Waals surface area contributed by atoms with E-state index >= 15 is 0 Å². The van der Waals surface area contributed by atoms with E-state index in [0.29, 0.717) is 11.5 Å². The number of nitrogens with one attached hydrogen (secondary N) is 1. The summed E-state index contributed by atoms with van der Waals surface area (Å²) in [7, 11) is 1.67. The van der Waals surface area contributed by atoms with E-state index in [1.54, 1.807) is 17.7 Å². The van der Waals surface area contributed by atoms with Gasteiger partial charge in [-0.1, -0.05) is 19.9 Å². The predicted octanol–water partition coefficient (Wildman–Crippen LogP) is 3.06. The number of nitrogens with zero attached hydrogens (tertiary/aromatic N) is 4. The third-order valence-electron chi connectivity index (χ3n) is 5.07. The molecule has 0 fully saturated rings. The highest BCUT2D eigenvalue weighted by Gasteiger charge is 2.24. The number of carbonyl (C=O) groups excluding carboxylic acids is 1. The normalized spacial score (nSPS) is 16.4. The molecule has 1 atom stereocenters. The molecule has 0 saturated heterocycles. The van der Waals surface area contributed by atoms with Gasteiger partial charge in [0.15, 0.2) is 0 Å². The van der Waals surface area contributed by atoms with Crippen molar-refractivity contribution in [1.29, 1.82) is 0 Å². The van der Waals surface area contributed by atoms with Crippen LogP contribution in [0.5, 0.6) is 5.75 Å². The monoisotopic (exact) mass is 365 g/mol. The van der Waals surface area contributed by atoms with E-state index < -0.39 is 0 Å². The van der Waals surface area contributed by atoms with E-state index in [9.17, 15) is 4.79 Å². The first-order valence-electron chi connectivity index (χ1n) is 9.25. The van der Waals surface area contributed by atoms with Crippen LogP contribution in [0, 0.1) is 0 Å². The van der Waals surface area contributed by atoms with Crippen molar-refractivity contribution in [1.82, 2.24) is 24.9 Å². The average Bonchev–Trinajstić information content (AvgIpc) is 3.15. The van der Waals surface area contributed by atoms with Gasteiger partial charge in [0.2, 0.25) is 0 Å². The largest absolute Gasteiger partial charge is 0.497 e. The van der Waals surface area contributed by atoms with Crippen molar-refractivity contribution in [3.8, 4) is 5.75 Å². The summed E-state index contributed by atoms with van der Waals surface area (Å²) in [4.78, 5) is 21.5. The quantitative estimate of drug-likeness (QED) is 0.768. The zero-order valence-electron chi connectivity index (χ0n) is 15.8. The van der Waals surface area contributed by atoms with Crippen LogP contribution in [0.3, 0.4) is 0 Å². The minimum absolute atomic E-state index is 0.0226. The molecule has 1 amide bonds. The van der Waals surface area contributed by atoms with Gasteiger partial charge in [-0.15, -0.1) is 0 Å². The van der Waals surface area contributed by atoms with Gasteiger partial charge in [-0.3, -0.25) is 4.79 Å². The molecule has 1 N–H and O–H groups in total. The molecule has 0 spiro atoms. The average molecular weight is 365 g/mol. The smallest absolute Gasteiger partial charge is 0.270 e. The Kier molecular flexibility index (Phi) is 4.51. The van der Waals surface area contributed by atoms with Gasteiger partial charge in [0.1, 0.15) is 17.8 Å². The molecule has 2 aromatic heterocycles. The molecule has 27 heavy (non-hydrogen) atoms. The Hall–Kier alpha value is -2.96. The lowest BCUT2D eigenvalue weighted by molar-refractivity contribution is 0.0927. The van der Waals surface area contributed by atoms with Crippen LogP contribution in [0.25, 0.3) is 5.78 Å². The highest BCUT2D eigenvalue weighted by Crippen LogP contribution is 2.32. The molecular formula is C20H23N5O2. The summed E-state index contributed by atoms with van der Waals surface area (Å²) in [5, 5.41) is 7.35. The number of fused-ring (bicyclic) bond motifs is 2. The van der Waals surface area contributed by atoms with Crippen LogP contribution in [-0.4, -0.2) is 32.6 Å². The Morgan fingerprint density at radius 2 is 2.19 bits per heavy atom. The number of aryl methyl sites for hydroxylation is 1. The minimum atomic E-state index is -0.184. The lowest BCUT2D eigenvalue weighted by Gasteiger charge is -2.26. The van der Waals surface area contributed by atoms with E-state index in [1.807, 2.05) is 12.1 Å². The number of hydrogen-bond donors (Lipinski definition) is 1. The van der Waals surface area contributed by atoms with Gasteiger partial charge in [0.05, 0.1) is 18.8 Å². The number of aromatic nitrogens is 4. The van der Waals surface area contributed by atoms with Crippen LogP contribution in [0.1, 0.15) is 66.0 Å². The number of methoxy groups -OCH3 is 1. The highest BCUT2D eigenvalue weighted by molar-refractivity contribution is 5.93. The lowest BCUT2D eigenvalue weighted by atomic mass is 9.87. The van der Waals surface area contributed by atoms with Crippen LogP contribution in [-0.2, 0) is 6.42 Å². The molecule has 7 heteroatoms. The second-order valence-electron chi connectivity index (χ2n) is 7.18.